The van der Waals surface area contributed by atoms with E-state index in [1.54, 1.807) is 0 Å². The van der Waals surface area contributed by atoms with Gasteiger partial charge in [-0.3, -0.25) is 19.3 Å². The van der Waals surface area contributed by atoms with Crippen molar-refractivity contribution in [1.82, 2.24) is 10.2 Å². The van der Waals surface area contributed by atoms with E-state index in [1.165, 1.54) is 25.0 Å². The molecule has 0 aromatic carbocycles. The van der Waals surface area contributed by atoms with Gasteiger partial charge in [0.15, 0.2) is 0 Å². The third-order valence-corrected chi connectivity index (χ3v) is 5.84. The van der Waals surface area contributed by atoms with Crippen molar-refractivity contribution >= 4 is 17.7 Å². The summed E-state index contributed by atoms with van der Waals surface area (Å²) in [6.07, 6.45) is 6.82. The van der Waals surface area contributed by atoms with Crippen molar-refractivity contribution in [3.05, 3.63) is 12.2 Å². The molecule has 6 nitrogen and oxygen atoms in total. The third-order valence-electron chi connectivity index (χ3n) is 5.84. The number of carbonyl (C=O) groups is 3. The number of hydrogen-bond donors (Lipinski definition) is 1. The standard InChI is InChI=1S/C22H38N2O4/c1-7-17(8-2)21(3,4)13-16-28-22(5,6)12-11-18(25)23-14-15-24-19(26)9-10-20(24)27/h9-10,17H,7-8,11-16H2,1-6H3,(H,23,25). The molecule has 3 amide bonds. The highest BCUT2D eigenvalue weighted by Crippen LogP contribution is 2.35. The van der Waals surface area contributed by atoms with Gasteiger partial charge in [-0.15, -0.1) is 0 Å². The highest BCUT2D eigenvalue weighted by atomic mass is 16.5. The van der Waals surface area contributed by atoms with E-state index in [2.05, 4.69) is 33.0 Å². The van der Waals surface area contributed by atoms with Crippen LogP contribution in [0.15, 0.2) is 12.2 Å². The van der Waals surface area contributed by atoms with Crippen LogP contribution in [-0.2, 0) is 19.1 Å². The Morgan fingerprint density at radius 2 is 1.64 bits per heavy atom. The normalized spacial score (nSPS) is 15.0. The van der Waals surface area contributed by atoms with Crippen molar-refractivity contribution in [3.8, 4) is 0 Å². The Labute approximate surface area is 170 Å². The van der Waals surface area contributed by atoms with Crippen molar-refractivity contribution < 1.29 is 19.1 Å². The molecule has 1 aliphatic rings. The zero-order valence-electron chi connectivity index (χ0n) is 18.5. The Bertz CT molecular complexity index is 559. The predicted octanol–water partition coefficient (Wildman–Crippen LogP) is 3.46. The summed E-state index contributed by atoms with van der Waals surface area (Å²) < 4.78 is 6.08. The molecule has 0 aliphatic carbocycles. The highest BCUT2D eigenvalue weighted by molar-refractivity contribution is 6.12. The predicted molar refractivity (Wildman–Crippen MR) is 111 cm³/mol. The van der Waals surface area contributed by atoms with Gasteiger partial charge in [-0.1, -0.05) is 40.5 Å². The second-order valence-electron chi connectivity index (χ2n) is 8.87. The van der Waals surface area contributed by atoms with Crippen LogP contribution in [0.4, 0.5) is 0 Å². The average molecular weight is 395 g/mol. The molecule has 0 fully saturated rings. The molecule has 0 bridgehead atoms. The van der Waals surface area contributed by atoms with Gasteiger partial charge in [0.25, 0.3) is 11.8 Å². The van der Waals surface area contributed by atoms with Crippen LogP contribution in [0.5, 0.6) is 0 Å². The fourth-order valence-electron chi connectivity index (χ4n) is 3.72. The van der Waals surface area contributed by atoms with Crippen molar-refractivity contribution in [2.45, 2.75) is 79.2 Å². The minimum atomic E-state index is -0.369. The minimum Gasteiger partial charge on any atom is -0.376 e. The number of rotatable bonds is 13. The molecule has 6 heteroatoms. The molecule has 0 atom stereocenters. The Hall–Kier alpha value is -1.69. The third kappa shape index (κ3) is 7.74. The first-order valence-electron chi connectivity index (χ1n) is 10.5. The van der Waals surface area contributed by atoms with Crippen molar-refractivity contribution in [2.24, 2.45) is 11.3 Å². The van der Waals surface area contributed by atoms with Gasteiger partial charge in [0, 0.05) is 38.3 Å². The molecule has 0 unspecified atom stereocenters. The number of nitrogens with zero attached hydrogens (tertiary/aromatic N) is 1. The first-order chi connectivity index (χ1) is 13.0. The van der Waals surface area contributed by atoms with E-state index in [4.69, 9.17) is 4.74 Å². The van der Waals surface area contributed by atoms with Crippen LogP contribution in [0, 0.1) is 11.3 Å². The quantitative estimate of drug-likeness (QED) is 0.486. The Morgan fingerprint density at radius 3 is 2.18 bits per heavy atom. The van der Waals surface area contributed by atoms with Gasteiger partial charge in [-0.2, -0.15) is 0 Å². The molecule has 1 rings (SSSR count). The van der Waals surface area contributed by atoms with Crippen LogP contribution in [0.2, 0.25) is 0 Å². The van der Waals surface area contributed by atoms with Gasteiger partial charge >= 0.3 is 0 Å². The summed E-state index contributed by atoms with van der Waals surface area (Å²) in [6, 6.07) is 0. The number of hydrogen-bond acceptors (Lipinski definition) is 4. The van der Waals surface area contributed by atoms with Gasteiger partial charge in [-0.05, 0) is 38.0 Å². The largest absolute Gasteiger partial charge is 0.376 e. The zero-order valence-corrected chi connectivity index (χ0v) is 18.5. The summed E-state index contributed by atoms with van der Waals surface area (Å²) in [5.41, 5.74) is -0.123. The molecule has 0 aromatic rings. The molecule has 0 saturated carbocycles. The van der Waals surface area contributed by atoms with Gasteiger partial charge in [0.05, 0.1) is 5.60 Å². The second-order valence-corrected chi connectivity index (χ2v) is 8.87. The number of amides is 3. The molecular weight excluding hydrogens is 356 g/mol. The Balaban J connectivity index is 2.27. The van der Waals surface area contributed by atoms with E-state index in [9.17, 15) is 14.4 Å². The van der Waals surface area contributed by atoms with Crippen LogP contribution >= 0.6 is 0 Å². The number of imide groups is 1. The molecular formula is C22H38N2O4. The summed E-state index contributed by atoms with van der Waals surface area (Å²) >= 11 is 0. The fourth-order valence-corrected chi connectivity index (χ4v) is 3.72. The zero-order chi connectivity index (χ0) is 21.4. The molecule has 28 heavy (non-hydrogen) atoms. The average Bonchev–Trinajstić information content (AvgIpc) is 2.92. The van der Waals surface area contributed by atoms with Crippen LogP contribution in [-0.4, -0.2) is 47.9 Å². The summed E-state index contributed by atoms with van der Waals surface area (Å²) in [6.45, 7) is 14.3. The molecule has 0 saturated heterocycles. The lowest BCUT2D eigenvalue weighted by Crippen LogP contribution is -2.38. The van der Waals surface area contributed by atoms with E-state index < -0.39 is 0 Å². The second kappa shape index (κ2) is 10.7. The van der Waals surface area contributed by atoms with Crippen LogP contribution in [0.1, 0.15) is 73.6 Å². The molecule has 0 aromatic heterocycles. The van der Waals surface area contributed by atoms with E-state index in [0.29, 0.717) is 25.4 Å². The maximum absolute atomic E-state index is 12.1. The molecule has 1 N–H and O–H groups in total. The SMILES string of the molecule is CCC(CC)C(C)(C)CCOC(C)(C)CCC(=O)NCCN1C(=O)C=CC1=O. The summed E-state index contributed by atoms with van der Waals surface area (Å²) in [5, 5.41) is 2.77. The van der Waals surface area contributed by atoms with Gasteiger partial charge in [-0.25, -0.2) is 0 Å². The lowest BCUT2D eigenvalue weighted by molar-refractivity contribution is -0.137. The molecule has 0 spiro atoms. The van der Waals surface area contributed by atoms with E-state index in [0.717, 1.165) is 11.3 Å². The first-order valence-corrected chi connectivity index (χ1v) is 10.5. The van der Waals surface area contributed by atoms with Crippen molar-refractivity contribution in [2.75, 3.05) is 19.7 Å². The van der Waals surface area contributed by atoms with Crippen molar-refractivity contribution in [1.29, 1.82) is 0 Å². The lowest BCUT2D eigenvalue weighted by Gasteiger charge is -2.35. The highest BCUT2D eigenvalue weighted by Gasteiger charge is 2.28. The molecule has 1 aliphatic heterocycles. The van der Waals surface area contributed by atoms with Crippen LogP contribution < -0.4 is 5.32 Å². The maximum atomic E-state index is 12.1. The lowest BCUT2D eigenvalue weighted by atomic mass is 9.74. The van der Waals surface area contributed by atoms with Crippen LogP contribution in [0.3, 0.4) is 0 Å². The van der Waals surface area contributed by atoms with E-state index in [-0.39, 0.29) is 41.8 Å². The van der Waals surface area contributed by atoms with Crippen LogP contribution in [0.25, 0.3) is 0 Å². The summed E-state index contributed by atoms with van der Waals surface area (Å²) in [4.78, 5) is 36.1. The van der Waals surface area contributed by atoms with E-state index >= 15 is 0 Å². The fraction of sp³-hybridized carbons (Fsp3) is 0.773. The van der Waals surface area contributed by atoms with Gasteiger partial charge in [0.1, 0.15) is 0 Å². The smallest absolute Gasteiger partial charge is 0.253 e. The summed E-state index contributed by atoms with van der Waals surface area (Å²) in [5.74, 6) is -0.0640. The number of ether oxygens (including phenoxy) is 1. The minimum absolute atomic E-state index is 0.0962. The summed E-state index contributed by atoms with van der Waals surface area (Å²) in [7, 11) is 0. The number of nitrogens with one attached hydrogen (secondary N) is 1. The van der Waals surface area contributed by atoms with Crippen molar-refractivity contribution in [3.63, 3.8) is 0 Å². The van der Waals surface area contributed by atoms with E-state index in [1.807, 2.05) is 13.8 Å². The Morgan fingerprint density at radius 1 is 1.07 bits per heavy atom. The topological polar surface area (TPSA) is 75.7 Å². The number of carbonyl (C=O) groups excluding carboxylic acids is 3. The molecule has 160 valence electrons. The van der Waals surface area contributed by atoms with Gasteiger partial charge in [0.2, 0.25) is 5.91 Å². The monoisotopic (exact) mass is 394 g/mol. The maximum Gasteiger partial charge on any atom is 0.253 e. The molecule has 0 radical (unpaired) electrons. The molecule has 1 heterocycles. The Kier molecular flexibility index (Phi) is 9.34. The first kappa shape index (κ1) is 24.3. The van der Waals surface area contributed by atoms with Gasteiger partial charge < -0.3 is 10.1 Å².